The molecule has 5 nitrogen and oxygen atoms in total. The molecule has 1 saturated heterocycles. The molecule has 2 amide bonds. The molecule has 4 rings (SSSR count). The second-order valence-corrected chi connectivity index (χ2v) is 11.7. The topological polar surface area (TPSA) is 58.6 Å². The maximum atomic E-state index is 12.9. The summed E-state index contributed by atoms with van der Waals surface area (Å²) in [7, 11) is 0. The third kappa shape index (κ3) is 6.81. The molecule has 1 N–H and O–H groups in total. The molecule has 1 atom stereocenters. The second-order valence-electron chi connectivity index (χ2n) is 7.70. The van der Waals surface area contributed by atoms with Crippen molar-refractivity contribution in [2.75, 3.05) is 0 Å². The minimum Gasteiger partial charge on any atom is -0.466 e. The highest BCUT2D eigenvalue weighted by molar-refractivity contribution is 8.26. The van der Waals surface area contributed by atoms with E-state index in [9.17, 15) is 9.59 Å². The number of nitrogens with zero attached hydrogens (tertiary/aromatic N) is 1. The maximum Gasteiger partial charge on any atom is 0.266 e. The van der Waals surface area contributed by atoms with Crippen LogP contribution in [0.1, 0.15) is 21.5 Å². The molecule has 0 spiro atoms. The number of thioether (sulfide) groups is 1. The van der Waals surface area contributed by atoms with Gasteiger partial charge in [-0.1, -0.05) is 119 Å². The Balaban J connectivity index is 1.43. The first-order valence-corrected chi connectivity index (χ1v) is 13.1. The lowest BCUT2D eigenvalue weighted by atomic mass is 10.2. The molecule has 10 heteroatoms. The number of rotatable bonds is 7. The van der Waals surface area contributed by atoms with Gasteiger partial charge in [0.2, 0.25) is 10.0 Å². The van der Waals surface area contributed by atoms with E-state index in [1.807, 2.05) is 30.3 Å². The molecule has 1 aliphatic rings. The fraction of sp³-hybridized carbons (Fsp3) is 0.115. The normalized spacial score (nSPS) is 15.8. The average molecular weight is 578 g/mol. The first kappa shape index (κ1) is 26.5. The predicted molar refractivity (Wildman–Crippen MR) is 150 cm³/mol. The van der Waals surface area contributed by atoms with E-state index in [0.717, 1.165) is 11.1 Å². The minimum absolute atomic E-state index is 0.144. The van der Waals surface area contributed by atoms with Gasteiger partial charge in [-0.25, -0.2) is 0 Å². The first-order chi connectivity index (χ1) is 17.2. The summed E-state index contributed by atoms with van der Waals surface area (Å²) < 4.78 is 4.36. The van der Waals surface area contributed by atoms with E-state index in [1.54, 1.807) is 65.6 Å². The molecule has 1 fully saturated rings. The van der Waals surface area contributed by atoms with Gasteiger partial charge in [-0.2, -0.15) is 0 Å². The van der Waals surface area contributed by atoms with E-state index >= 15 is 0 Å². The minimum atomic E-state index is -1.92. The zero-order valence-corrected chi connectivity index (χ0v) is 22.5. The Morgan fingerprint density at radius 1 is 1.00 bits per heavy atom. The van der Waals surface area contributed by atoms with Gasteiger partial charge in [0.15, 0.2) is 0 Å². The van der Waals surface area contributed by atoms with Crippen molar-refractivity contribution >= 4 is 81.0 Å². The van der Waals surface area contributed by atoms with Gasteiger partial charge in [0.1, 0.15) is 10.1 Å². The highest BCUT2D eigenvalue weighted by Crippen LogP contribution is 2.35. The van der Waals surface area contributed by atoms with Crippen LogP contribution in [-0.2, 0) is 11.3 Å². The molecule has 0 aromatic heterocycles. The Labute approximate surface area is 233 Å². The van der Waals surface area contributed by atoms with E-state index in [1.165, 1.54) is 11.8 Å². The monoisotopic (exact) mass is 576 g/mol. The zero-order chi connectivity index (χ0) is 25.7. The summed E-state index contributed by atoms with van der Waals surface area (Å²) >= 11 is 24.8. The smallest absolute Gasteiger partial charge is 0.266 e. The van der Waals surface area contributed by atoms with Crippen molar-refractivity contribution in [2.45, 2.75) is 16.6 Å². The van der Waals surface area contributed by atoms with Crippen LogP contribution < -0.4 is 10.1 Å². The average Bonchev–Trinajstić information content (AvgIpc) is 3.12. The molecular formula is C26H19Cl3N2O3S2. The van der Waals surface area contributed by atoms with Crippen LogP contribution in [0.25, 0.3) is 6.08 Å². The number of carbonyl (C=O) groups excluding carboxylic acids is 2. The van der Waals surface area contributed by atoms with Crippen LogP contribution in [-0.4, -0.2) is 31.1 Å². The standard InChI is InChI=1S/C26H19Cl3N2O3S2/c27-26(28,29)24(30-22(32)19-9-5-2-6-10-19)34-20-13-11-17(12-14-20)15-21-23(33)31(25(35)36-21)16-18-7-3-1-4-8-18/h1-15,24H,16H2,(H,30,32). The number of carbonyl (C=O) groups is 2. The first-order valence-electron chi connectivity index (χ1n) is 10.7. The number of halogens is 3. The van der Waals surface area contributed by atoms with Crippen LogP contribution >= 0.6 is 58.8 Å². The summed E-state index contributed by atoms with van der Waals surface area (Å²) in [6, 6.07) is 25.1. The van der Waals surface area contributed by atoms with Gasteiger partial charge in [-0.05, 0) is 41.5 Å². The van der Waals surface area contributed by atoms with Crippen LogP contribution in [0.5, 0.6) is 5.75 Å². The molecule has 3 aromatic carbocycles. The molecule has 0 saturated carbocycles. The highest BCUT2D eigenvalue weighted by Gasteiger charge is 2.36. The van der Waals surface area contributed by atoms with Crippen molar-refractivity contribution in [3.63, 3.8) is 0 Å². The summed E-state index contributed by atoms with van der Waals surface area (Å²) in [5, 5.41) is 2.59. The van der Waals surface area contributed by atoms with Crippen molar-refractivity contribution in [3.05, 3.63) is 107 Å². The van der Waals surface area contributed by atoms with E-state index < -0.39 is 15.9 Å². The lowest BCUT2D eigenvalue weighted by Crippen LogP contribution is -2.47. The number of ether oxygens (including phenoxy) is 1. The summed E-state index contributed by atoms with van der Waals surface area (Å²) in [6.07, 6.45) is 0.521. The molecule has 1 unspecified atom stereocenters. The van der Waals surface area contributed by atoms with Crippen LogP contribution in [0.2, 0.25) is 0 Å². The van der Waals surface area contributed by atoms with E-state index in [4.69, 9.17) is 51.8 Å². The van der Waals surface area contributed by atoms with Crippen molar-refractivity contribution in [2.24, 2.45) is 0 Å². The predicted octanol–water partition coefficient (Wildman–Crippen LogP) is 6.59. The molecule has 0 radical (unpaired) electrons. The molecule has 36 heavy (non-hydrogen) atoms. The second kappa shape index (κ2) is 11.7. The maximum absolute atomic E-state index is 12.9. The van der Waals surface area contributed by atoms with Gasteiger partial charge < -0.3 is 10.1 Å². The number of hydrogen-bond acceptors (Lipinski definition) is 5. The highest BCUT2D eigenvalue weighted by atomic mass is 35.6. The van der Waals surface area contributed by atoms with Gasteiger partial charge in [0, 0.05) is 5.56 Å². The Kier molecular flexibility index (Phi) is 8.59. The van der Waals surface area contributed by atoms with Crippen molar-refractivity contribution in [3.8, 4) is 5.75 Å². The van der Waals surface area contributed by atoms with E-state index in [0.29, 0.717) is 27.1 Å². The van der Waals surface area contributed by atoms with Crippen LogP contribution in [0.3, 0.4) is 0 Å². The fourth-order valence-corrected chi connectivity index (χ4v) is 4.85. The zero-order valence-electron chi connectivity index (χ0n) is 18.6. The molecule has 1 aliphatic heterocycles. The summed E-state index contributed by atoms with van der Waals surface area (Å²) in [6.45, 7) is 0.419. The van der Waals surface area contributed by atoms with Gasteiger partial charge >= 0.3 is 0 Å². The number of alkyl halides is 3. The molecular weight excluding hydrogens is 559 g/mol. The largest absolute Gasteiger partial charge is 0.466 e. The van der Waals surface area contributed by atoms with E-state index in [2.05, 4.69) is 5.32 Å². The third-order valence-electron chi connectivity index (χ3n) is 5.08. The Morgan fingerprint density at radius 3 is 2.22 bits per heavy atom. The van der Waals surface area contributed by atoms with Gasteiger partial charge in [-0.3, -0.25) is 14.5 Å². The summed E-state index contributed by atoms with van der Waals surface area (Å²) in [4.78, 5) is 27.5. The SMILES string of the molecule is O=C(NC(Oc1ccc(C=C2SC(=S)N(Cc3ccccc3)C2=O)cc1)C(Cl)(Cl)Cl)c1ccccc1. The van der Waals surface area contributed by atoms with Crippen molar-refractivity contribution < 1.29 is 14.3 Å². The Morgan fingerprint density at radius 2 is 1.61 bits per heavy atom. The lowest BCUT2D eigenvalue weighted by molar-refractivity contribution is -0.122. The van der Waals surface area contributed by atoms with Gasteiger partial charge in [0.25, 0.3) is 11.8 Å². The quantitative estimate of drug-likeness (QED) is 0.149. The molecule has 0 aliphatic carbocycles. The number of nitrogens with one attached hydrogen (secondary N) is 1. The lowest BCUT2D eigenvalue weighted by Gasteiger charge is -2.26. The number of benzene rings is 3. The van der Waals surface area contributed by atoms with Crippen LogP contribution in [0, 0.1) is 0 Å². The van der Waals surface area contributed by atoms with Crippen LogP contribution in [0.15, 0.2) is 89.8 Å². The third-order valence-corrected chi connectivity index (χ3v) is 7.06. The number of hydrogen-bond donors (Lipinski definition) is 1. The summed E-state index contributed by atoms with van der Waals surface area (Å²) in [5.41, 5.74) is 2.17. The van der Waals surface area contributed by atoms with Gasteiger partial charge in [0.05, 0.1) is 11.4 Å². The van der Waals surface area contributed by atoms with Crippen molar-refractivity contribution in [1.82, 2.24) is 10.2 Å². The Hall–Kier alpha value is -2.55. The Bertz CT molecular complexity index is 1280. The van der Waals surface area contributed by atoms with Gasteiger partial charge in [-0.15, -0.1) is 0 Å². The molecule has 1 heterocycles. The number of amides is 2. The van der Waals surface area contributed by atoms with Crippen LogP contribution in [0.4, 0.5) is 0 Å². The number of thiocarbonyl (C=S) groups is 1. The van der Waals surface area contributed by atoms with Crippen molar-refractivity contribution in [1.29, 1.82) is 0 Å². The molecule has 184 valence electrons. The fourth-order valence-electron chi connectivity index (χ4n) is 3.30. The molecule has 0 bridgehead atoms. The summed E-state index contributed by atoms with van der Waals surface area (Å²) in [5.74, 6) is -0.219. The van der Waals surface area contributed by atoms with E-state index in [-0.39, 0.29) is 5.91 Å². The molecule has 3 aromatic rings.